The van der Waals surface area contributed by atoms with Crippen LogP contribution in [0.1, 0.15) is 27.3 Å². The van der Waals surface area contributed by atoms with Crippen LogP contribution in [0, 0.1) is 13.8 Å². The average Bonchev–Trinajstić information content (AvgIpc) is 2.83. The Hall–Kier alpha value is -2.43. The molecule has 2 aromatic rings. The van der Waals surface area contributed by atoms with E-state index in [1.54, 1.807) is 10.8 Å². The summed E-state index contributed by atoms with van der Waals surface area (Å²) in [6.07, 6.45) is 2.39. The van der Waals surface area contributed by atoms with E-state index in [1.165, 1.54) is 0 Å². The molecule has 0 bridgehead atoms. The first-order valence-electron chi connectivity index (χ1n) is 6.34. The maximum absolute atomic E-state index is 11.0. The van der Waals surface area contributed by atoms with Gasteiger partial charge >= 0.3 is 0 Å². The van der Waals surface area contributed by atoms with E-state index in [0.717, 1.165) is 16.9 Å². The molecule has 1 heterocycles. The van der Waals surface area contributed by atoms with Gasteiger partial charge in [0.05, 0.1) is 6.54 Å². The predicted molar refractivity (Wildman–Crippen MR) is 75.9 cm³/mol. The van der Waals surface area contributed by atoms with Crippen LogP contribution in [0.5, 0.6) is 5.75 Å². The standard InChI is InChI=1S/C15H17N3O2/c1-4-8-18-14(13(9-19)16-17-18)10-20-15-7-5-6-11(2)12(15)3/h4-7,9H,1,8,10H2,2-3H3. The number of carbonyl (C=O) groups excluding carboxylic acids is 1. The van der Waals surface area contributed by atoms with Gasteiger partial charge in [-0.3, -0.25) is 4.79 Å². The number of allylic oxidation sites excluding steroid dienone is 1. The highest BCUT2D eigenvalue weighted by atomic mass is 16.5. The fraction of sp³-hybridized carbons (Fsp3) is 0.267. The van der Waals surface area contributed by atoms with Gasteiger partial charge in [0, 0.05) is 0 Å². The molecule has 0 aliphatic carbocycles. The lowest BCUT2D eigenvalue weighted by molar-refractivity contribution is 0.111. The molecule has 0 N–H and O–H groups in total. The molecule has 0 atom stereocenters. The van der Waals surface area contributed by atoms with Crippen molar-refractivity contribution >= 4 is 6.29 Å². The first-order valence-corrected chi connectivity index (χ1v) is 6.34. The first kappa shape index (κ1) is 14.0. The summed E-state index contributed by atoms with van der Waals surface area (Å²) in [5, 5.41) is 7.74. The molecule has 0 saturated heterocycles. The van der Waals surface area contributed by atoms with Crippen molar-refractivity contribution < 1.29 is 9.53 Å². The third kappa shape index (κ3) is 2.77. The largest absolute Gasteiger partial charge is 0.487 e. The van der Waals surface area contributed by atoms with Gasteiger partial charge in [0.15, 0.2) is 12.0 Å². The van der Waals surface area contributed by atoms with E-state index >= 15 is 0 Å². The third-order valence-corrected chi connectivity index (χ3v) is 3.20. The molecule has 0 amide bonds. The zero-order chi connectivity index (χ0) is 14.5. The van der Waals surface area contributed by atoms with Gasteiger partial charge in [-0.2, -0.15) is 0 Å². The monoisotopic (exact) mass is 271 g/mol. The Bertz CT molecular complexity index is 632. The van der Waals surface area contributed by atoms with E-state index in [-0.39, 0.29) is 6.61 Å². The minimum Gasteiger partial charge on any atom is -0.487 e. The minimum atomic E-state index is 0.249. The van der Waals surface area contributed by atoms with Gasteiger partial charge < -0.3 is 4.74 Å². The maximum atomic E-state index is 11.0. The van der Waals surface area contributed by atoms with Gasteiger partial charge in [0.2, 0.25) is 0 Å². The Kier molecular flexibility index (Phi) is 4.30. The molecule has 0 radical (unpaired) electrons. The summed E-state index contributed by atoms with van der Waals surface area (Å²) in [6.45, 7) is 8.43. The number of aryl methyl sites for hydroxylation is 1. The second kappa shape index (κ2) is 6.14. The second-order valence-electron chi connectivity index (χ2n) is 4.50. The van der Waals surface area contributed by atoms with Crippen LogP contribution < -0.4 is 4.74 Å². The Morgan fingerprint density at radius 3 is 2.90 bits per heavy atom. The predicted octanol–water partition coefficient (Wildman–Crippen LogP) is 2.47. The number of aromatic nitrogens is 3. The molecule has 2 rings (SSSR count). The summed E-state index contributed by atoms with van der Waals surface area (Å²) >= 11 is 0. The maximum Gasteiger partial charge on any atom is 0.172 e. The van der Waals surface area contributed by atoms with Gasteiger partial charge in [-0.1, -0.05) is 23.4 Å². The van der Waals surface area contributed by atoms with Gasteiger partial charge in [-0.25, -0.2) is 4.68 Å². The Balaban J connectivity index is 2.21. The number of ether oxygens (including phenoxy) is 1. The second-order valence-corrected chi connectivity index (χ2v) is 4.50. The number of carbonyl (C=O) groups is 1. The molecule has 1 aromatic carbocycles. The number of benzene rings is 1. The van der Waals surface area contributed by atoms with Crippen LogP contribution in [0.15, 0.2) is 30.9 Å². The number of hydrogen-bond acceptors (Lipinski definition) is 4. The van der Waals surface area contributed by atoms with Crippen LogP contribution in [0.4, 0.5) is 0 Å². The molecule has 0 aliphatic rings. The summed E-state index contributed by atoms with van der Waals surface area (Å²) in [5.41, 5.74) is 3.21. The highest BCUT2D eigenvalue weighted by molar-refractivity contribution is 5.73. The van der Waals surface area contributed by atoms with Crippen molar-refractivity contribution in [3.8, 4) is 5.75 Å². The molecular formula is C15H17N3O2. The molecule has 0 fully saturated rings. The van der Waals surface area contributed by atoms with E-state index in [4.69, 9.17) is 4.74 Å². The lowest BCUT2D eigenvalue weighted by atomic mass is 10.1. The normalized spacial score (nSPS) is 10.3. The smallest absolute Gasteiger partial charge is 0.172 e. The number of aldehydes is 1. The van der Waals surface area contributed by atoms with Gasteiger partial charge in [0.25, 0.3) is 0 Å². The van der Waals surface area contributed by atoms with Gasteiger partial charge in [-0.05, 0) is 31.0 Å². The average molecular weight is 271 g/mol. The fourth-order valence-corrected chi connectivity index (χ4v) is 1.88. The fourth-order valence-electron chi connectivity index (χ4n) is 1.88. The van der Waals surface area contributed by atoms with Crippen LogP contribution in [-0.4, -0.2) is 21.3 Å². The summed E-state index contributed by atoms with van der Waals surface area (Å²) in [6, 6.07) is 5.88. The quantitative estimate of drug-likeness (QED) is 0.598. The molecular weight excluding hydrogens is 254 g/mol. The van der Waals surface area contributed by atoms with E-state index < -0.39 is 0 Å². The molecule has 104 valence electrons. The van der Waals surface area contributed by atoms with Crippen molar-refractivity contribution in [2.45, 2.75) is 27.0 Å². The number of rotatable bonds is 6. The molecule has 0 saturated carbocycles. The van der Waals surface area contributed by atoms with Crippen molar-refractivity contribution in [3.05, 3.63) is 53.4 Å². The van der Waals surface area contributed by atoms with E-state index in [9.17, 15) is 4.79 Å². The molecule has 0 unspecified atom stereocenters. The minimum absolute atomic E-state index is 0.249. The summed E-state index contributed by atoms with van der Waals surface area (Å²) in [5.74, 6) is 0.799. The lowest BCUT2D eigenvalue weighted by Crippen LogP contribution is -2.09. The van der Waals surface area contributed by atoms with Gasteiger partial charge in [0.1, 0.15) is 18.1 Å². The molecule has 5 nitrogen and oxygen atoms in total. The topological polar surface area (TPSA) is 57.0 Å². The molecule has 0 spiro atoms. The molecule has 0 aliphatic heterocycles. The summed E-state index contributed by atoms with van der Waals surface area (Å²) < 4.78 is 7.41. The van der Waals surface area contributed by atoms with E-state index in [0.29, 0.717) is 24.2 Å². The van der Waals surface area contributed by atoms with E-state index in [2.05, 4.69) is 16.9 Å². The van der Waals surface area contributed by atoms with Crippen LogP contribution in [0.3, 0.4) is 0 Å². The number of nitrogens with zero attached hydrogens (tertiary/aromatic N) is 3. The third-order valence-electron chi connectivity index (χ3n) is 3.20. The van der Waals surface area contributed by atoms with Crippen LogP contribution >= 0.6 is 0 Å². The summed E-state index contributed by atoms with van der Waals surface area (Å²) in [7, 11) is 0. The Morgan fingerprint density at radius 1 is 1.40 bits per heavy atom. The van der Waals surface area contributed by atoms with Crippen molar-refractivity contribution in [3.63, 3.8) is 0 Å². The zero-order valence-electron chi connectivity index (χ0n) is 11.7. The van der Waals surface area contributed by atoms with Crippen molar-refractivity contribution in [1.82, 2.24) is 15.0 Å². The number of hydrogen-bond donors (Lipinski definition) is 0. The Morgan fingerprint density at radius 2 is 2.20 bits per heavy atom. The highest BCUT2D eigenvalue weighted by Gasteiger charge is 2.13. The molecule has 5 heteroatoms. The Labute approximate surface area is 117 Å². The van der Waals surface area contributed by atoms with Crippen molar-refractivity contribution in [2.75, 3.05) is 0 Å². The first-order chi connectivity index (χ1) is 9.67. The molecule has 1 aromatic heterocycles. The van der Waals surface area contributed by atoms with Gasteiger partial charge in [-0.15, -0.1) is 11.7 Å². The van der Waals surface area contributed by atoms with Crippen LogP contribution in [-0.2, 0) is 13.2 Å². The highest BCUT2D eigenvalue weighted by Crippen LogP contribution is 2.21. The van der Waals surface area contributed by atoms with Crippen molar-refractivity contribution in [2.24, 2.45) is 0 Å². The lowest BCUT2D eigenvalue weighted by Gasteiger charge is -2.11. The summed E-state index contributed by atoms with van der Waals surface area (Å²) in [4.78, 5) is 11.0. The van der Waals surface area contributed by atoms with Crippen LogP contribution in [0.25, 0.3) is 0 Å². The zero-order valence-corrected chi connectivity index (χ0v) is 11.7. The SMILES string of the molecule is C=CCn1nnc(C=O)c1COc1cccc(C)c1C. The molecule has 20 heavy (non-hydrogen) atoms. The van der Waals surface area contributed by atoms with Crippen molar-refractivity contribution in [1.29, 1.82) is 0 Å². The van der Waals surface area contributed by atoms with E-state index in [1.807, 2.05) is 32.0 Å². The van der Waals surface area contributed by atoms with Crippen LogP contribution in [0.2, 0.25) is 0 Å².